The first kappa shape index (κ1) is 21.2. The molecule has 1 aliphatic rings. The molecule has 0 aromatic heterocycles. The molecular formula is C23H25N3O4. The molecule has 1 aliphatic heterocycles. The topological polar surface area (TPSA) is 95.6 Å². The molecule has 0 atom stereocenters. The Balaban J connectivity index is 1.54. The minimum atomic E-state index is -0.645. The van der Waals surface area contributed by atoms with E-state index in [4.69, 9.17) is 0 Å². The van der Waals surface area contributed by atoms with E-state index in [-0.39, 0.29) is 42.8 Å². The van der Waals surface area contributed by atoms with Gasteiger partial charge in [-0.2, -0.15) is 0 Å². The Bertz CT molecular complexity index is 993. The van der Waals surface area contributed by atoms with Gasteiger partial charge < -0.3 is 10.6 Å². The number of benzene rings is 2. The Hall–Kier alpha value is -3.48. The van der Waals surface area contributed by atoms with Crippen molar-refractivity contribution in [3.05, 3.63) is 70.8 Å². The Labute approximate surface area is 175 Å². The van der Waals surface area contributed by atoms with Crippen LogP contribution in [0.1, 0.15) is 57.4 Å². The summed E-state index contributed by atoms with van der Waals surface area (Å²) in [6.07, 6.45) is 0.278. The molecule has 2 N–H and O–H groups in total. The van der Waals surface area contributed by atoms with E-state index in [2.05, 4.69) is 10.6 Å². The fourth-order valence-corrected chi connectivity index (χ4v) is 3.32. The molecule has 0 radical (unpaired) electrons. The van der Waals surface area contributed by atoms with E-state index in [1.165, 1.54) is 23.1 Å². The third kappa shape index (κ3) is 4.56. The van der Waals surface area contributed by atoms with Gasteiger partial charge in [0.15, 0.2) is 0 Å². The van der Waals surface area contributed by atoms with Crippen LogP contribution in [-0.4, -0.2) is 47.2 Å². The van der Waals surface area contributed by atoms with Crippen molar-refractivity contribution in [3.63, 3.8) is 0 Å². The van der Waals surface area contributed by atoms with Crippen molar-refractivity contribution in [2.24, 2.45) is 0 Å². The van der Waals surface area contributed by atoms with Crippen molar-refractivity contribution in [1.82, 2.24) is 15.5 Å². The smallest absolute Gasteiger partial charge is 0.262 e. The summed E-state index contributed by atoms with van der Waals surface area (Å²) >= 11 is 0. The van der Waals surface area contributed by atoms with E-state index in [1.807, 2.05) is 30.3 Å². The van der Waals surface area contributed by atoms with Gasteiger partial charge >= 0.3 is 0 Å². The first-order valence-corrected chi connectivity index (χ1v) is 9.80. The molecule has 0 unspecified atom stereocenters. The molecule has 7 nitrogen and oxygen atoms in total. The normalized spacial score (nSPS) is 13.2. The Kier molecular flexibility index (Phi) is 6.01. The van der Waals surface area contributed by atoms with Gasteiger partial charge in [0.2, 0.25) is 5.91 Å². The number of hydrogen-bond acceptors (Lipinski definition) is 4. The second kappa shape index (κ2) is 8.49. The summed E-state index contributed by atoms with van der Waals surface area (Å²) in [5.74, 6) is -1.25. The predicted molar refractivity (Wildman–Crippen MR) is 112 cm³/mol. The number of imide groups is 1. The molecule has 0 saturated heterocycles. The van der Waals surface area contributed by atoms with Crippen LogP contribution < -0.4 is 10.6 Å². The van der Waals surface area contributed by atoms with Crippen molar-refractivity contribution < 1.29 is 19.2 Å². The van der Waals surface area contributed by atoms with Crippen LogP contribution in [0, 0.1) is 0 Å². The van der Waals surface area contributed by atoms with Crippen LogP contribution in [0.15, 0.2) is 48.5 Å². The zero-order valence-electron chi connectivity index (χ0n) is 17.3. The zero-order chi connectivity index (χ0) is 21.9. The lowest BCUT2D eigenvalue weighted by Gasteiger charge is -2.29. The highest BCUT2D eigenvalue weighted by Crippen LogP contribution is 2.29. The number of carbonyl (C=O) groups excluding carboxylic acids is 4. The van der Waals surface area contributed by atoms with Gasteiger partial charge in [-0.05, 0) is 44.5 Å². The van der Waals surface area contributed by atoms with E-state index in [9.17, 15) is 19.2 Å². The molecule has 0 saturated carbocycles. The first-order valence-electron chi connectivity index (χ1n) is 9.80. The Morgan fingerprint density at radius 1 is 0.867 bits per heavy atom. The Morgan fingerprint density at radius 3 is 2.17 bits per heavy atom. The minimum Gasteiger partial charge on any atom is -0.354 e. The van der Waals surface area contributed by atoms with Crippen molar-refractivity contribution >= 4 is 23.6 Å². The van der Waals surface area contributed by atoms with E-state index in [0.29, 0.717) is 11.1 Å². The summed E-state index contributed by atoms with van der Waals surface area (Å²) < 4.78 is 0. The molecule has 0 spiro atoms. The molecular weight excluding hydrogens is 382 g/mol. The molecule has 156 valence electrons. The van der Waals surface area contributed by atoms with Gasteiger partial charge in [0, 0.05) is 24.2 Å². The van der Waals surface area contributed by atoms with Gasteiger partial charge in [0.1, 0.15) is 0 Å². The lowest BCUT2D eigenvalue weighted by molar-refractivity contribution is -0.120. The van der Waals surface area contributed by atoms with Gasteiger partial charge in [0.25, 0.3) is 17.7 Å². The maximum atomic E-state index is 12.6. The van der Waals surface area contributed by atoms with Crippen LogP contribution in [0.3, 0.4) is 0 Å². The summed E-state index contributed by atoms with van der Waals surface area (Å²) in [6, 6.07) is 13.9. The van der Waals surface area contributed by atoms with Gasteiger partial charge in [-0.15, -0.1) is 0 Å². The van der Waals surface area contributed by atoms with Crippen LogP contribution >= 0.6 is 0 Å². The fourth-order valence-electron chi connectivity index (χ4n) is 3.32. The largest absolute Gasteiger partial charge is 0.354 e. The molecule has 7 heteroatoms. The maximum Gasteiger partial charge on any atom is 0.262 e. The number of rotatable bonds is 6. The monoisotopic (exact) mass is 407 g/mol. The molecule has 0 fully saturated rings. The van der Waals surface area contributed by atoms with Crippen LogP contribution in [0.4, 0.5) is 0 Å². The second-order valence-electron chi connectivity index (χ2n) is 8.15. The van der Waals surface area contributed by atoms with E-state index in [0.717, 1.165) is 5.56 Å². The maximum absolute atomic E-state index is 12.6. The lowest BCUT2D eigenvalue weighted by Crippen LogP contribution is -2.45. The summed E-state index contributed by atoms with van der Waals surface area (Å²) in [4.78, 5) is 50.7. The van der Waals surface area contributed by atoms with Gasteiger partial charge in [-0.1, -0.05) is 30.3 Å². The van der Waals surface area contributed by atoms with Crippen LogP contribution in [-0.2, 0) is 11.2 Å². The summed E-state index contributed by atoms with van der Waals surface area (Å²) in [7, 11) is 0. The Morgan fingerprint density at radius 2 is 1.50 bits per heavy atom. The summed E-state index contributed by atoms with van der Waals surface area (Å²) in [6.45, 7) is 5.90. The highest BCUT2D eigenvalue weighted by atomic mass is 16.2. The molecule has 2 aromatic carbocycles. The first-order chi connectivity index (χ1) is 14.2. The number of nitrogens with zero attached hydrogens (tertiary/aromatic N) is 1. The third-order valence-corrected chi connectivity index (χ3v) is 4.76. The number of hydrogen-bond donors (Lipinski definition) is 2. The van der Waals surface area contributed by atoms with Gasteiger partial charge in [-0.25, -0.2) is 0 Å². The SMILES string of the molecule is CC(C)(C)N1C(=O)c2ccc(C(=O)NCCNC(=O)Cc3ccccc3)cc2C1=O. The third-order valence-electron chi connectivity index (χ3n) is 4.76. The molecule has 0 aliphatic carbocycles. The number of fused-ring (bicyclic) bond motifs is 1. The predicted octanol–water partition coefficient (Wildman–Crippen LogP) is 2.17. The summed E-state index contributed by atoms with van der Waals surface area (Å²) in [5.41, 5.74) is 1.11. The van der Waals surface area contributed by atoms with Crippen molar-refractivity contribution in [2.45, 2.75) is 32.7 Å². The molecule has 2 aromatic rings. The van der Waals surface area contributed by atoms with Crippen molar-refractivity contribution in [3.8, 4) is 0 Å². The van der Waals surface area contributed by atoms with E-state index in [1.54, 1.807) is 20.8 Å². The second-order valence-corrected chi connectivity index (χ2v) is 8.15. The quantitative estimate of drug-likeness (QED) is 0.567. The molecule has 1 heterocycles. The highest BCUT2D eigenvalue weighted by molar-refractivity contribution is 6.22. The molecule has 3 rings (SSSR count). The average molecular weight is 407 g/mol. The van der Waals surface area contributed by atoms with Gasteiger partial charge in [-0.3, -0.25) is 24.1 Å². The van der Waals surface area contributed by atoms with Crippen LogP contribution in [0.5, 0.6) is 0 Å². The highest BCUT2D eigenvalue weighted by Gasteiger charge is 2.42. The average Bonchev–Trinajstić information content (AvgIpc) is 2.96. The zero-order valence-corrected chi connectivity index (χ0v) is 17.3. The fraction of sp³-hybridized carbons (Fsp3) is 0.304. The number of amides is 4. The van der Waals surface area contributed by atoms with E-state index < -0.39 is 11.4 Å². The van der Waals surface area contributed by atoms with Crippen molar-refractivity contribution in [1.29, 1.82) is 0 Å². The van der Waals surface area contributed by atoms with Gasteiger partial charge in [0.05, 0.1) is 17.5 Å². The standard InChI is InChI=1S/C23H25N3O4/c1-23(2,3)26-21(29)17-10-9-16(14-18(17)22(26)30)20(28)25-12-11-24-19(27)13-15-7-5-4-6-8-15/h4-10,14H,11-13H2,1-3H3,(H,24,27)(H,25,28). The molecule has 4 amide bonds. The summed E-state index contributed by atoms with van der Waals surface area (Å²) in [5, 5.41) is 5.47. The number of nitrogens with one attached hydrogen (secondary N) is 2. The van der Waals surface area contributed by atoms with E-state index >= 15 is 0 Å². The number of carbonyl (C=O) groups is 4. The minimum absolute atomic E-state index is 0.126. The molecule has 0 bridgehead atoms. The lowest BCUT2D eigenvalue weighted by atomic mass is 10.1. The van der Waals surface area contributed by atoms with Crippen molar-refractivity contribution in [2.75, 3.05) is 13.1 Å². The van der Waals surface area contributed by atoms with Crippen LogP contribution in [0.2, 0.25) is 0 Å². The molecule has 30 heavy (non-hydrogen) atoms. The van der Waals surface area contributed by atoms with Crippen LogP contribution in [0.25, 0.3) is 0 Å².